The fraction of sp³-hybridized carbons (Fsp3) is 0.579. The summed E-state index contributed by atoms with van der Waals surface area (Å²) in [6.45, 7) is 4.08. The third-order valence-corrected chi connectivity index (χ3v) is 4.54. The van der Waals surface area contributed by atoms with Gasteiger partial charge in [0.05, 0.1) is 6.42 Å². The monoisotopic (exact) mass is 334 g/mol. The number of hydrogen-bond acceptors (Lipinski definition) is 2. The molecule has 0 aliphatic carbocycles. The van der Waals surface area contributed by atoms with E-state index in [9.17, 15) is 14.0 Å². The standard InChI is InChI=1S/C19H27FN2O2/c1-2-3-4-10-21-19(24)16-8-11-22(12-9-16)18(23)14-15-6-5-7-17(20)13-15/h5-7,13,16H,2-4,8-12,14H2,1H3,(H,21,24). The smallest absolute Gasteiger partial charge is 0.226 e. The molecule has 1 aromatic carbocycles. The molecular formula is C19H27FN2O2. The summed E-state index contributed by atoms with van der Waals surface area (Å²) in [5.74, 6) is -0.200. The average Bonchev–Trinajstić information content (AvgIpc) is 2.58. The van der Waals surface area contributed by atoms with Crippen molar-refractivity contribution in [1.29, 1.82) is 0 Å². The highest BCUT2D eigenvalue weighted by Gasteiger charge is 2.27. The van der Waals surface area contributed by atoms with E-state index in [0.29, 0.717) is 31.5 Å². The molecule has 2 rings (SSSR count). The van der Waals surface area contributed by atoms with E-state index in [-0.39, 0.29) is 30.0 Å². The Morgan fingerprint density at radius 1 is 1.25 bits per heavy atom. The van der Waals surface area contributed by atoms with Gasteiger partial charge in [0.1, 0.15) is 5.82 Å². The Kier molecular flexibility index (Phi) is 7.22. The molecule has 1 N–H and O–H groups in total. The minimum Gasteiger partial charge on any atom is -0.356 e. The van der Waals surface area contributed by atoms with Crippen LogP contribution in [0.4, 0.5) is 4.39 Å². The zero-order valence-electron chi connectivity index (χ0n) is 14.4. The zero-order chi connectivity index (χ0) is 17.4. The van der Waals surface area contributed by atoms with Gasteiger partial charge in [-0.25, -0.2) is 4.39 Å². The Labute approximate surface area is 143 Å². The minimum absolute atomic E-state index is 0.00223. The van der Waals surface area contributed by atoms with Gasteiger partial charge >= 0.3 is 0 Å². The SMILES string of the molecule is CCCCCNC(=O)C1CCN(C(=O)Cc2cccc(F)c2)CC1. The highest BCUT2D eigenvalue weighted by molar-refractivity contribution is 5.81. The molecule has 0 spiro atoms. The lowest BCUT2D eigenvalue weighted by atomic mass is 9.95. The summed E-state index contributed by atoms with van der Waals surface area (Å²) in [4.78, 5) is 26.2. The molecule has 4 nitrogen and oxygen atoms in total. The van der Waals surface area contributed by atoms with Crippen molar-refractivity contribution in [2.45, 2.75) is 45.4 Å². The number of piperidine rings is 1. The van der Waals surface area contributed by atoms with Crippen LogP contribution < -0.4 is 5.32 Å². The summed E-state index contributed by atoms with van der Waals surface area (Å²) in [5.41, 5.74) is 0.691. The Bertz CT molecular complexity index is 554. The molecule has 0 atom stereocenters. The van der Waals surface area contributed by atoms with Crippen LogP contribution in [0.3, 0.4) is 0 Å². The van der Waals surface area contributed by atoms with Crippen LogP contribution in [-0.2, 0) is 16.0 Å². The first kappa shape index (κ1) is 18.4. The van der Waals surface area contributed by atoms with Crippen molar-refractivity contribution in [3.8, 4) is 0 Å². The molecule has 1 saturated heterocycles. The normalized spacial score (nSPS) is 15.3. The lowest BCUT2D eigenvalue weighted by Gasteiger charge is -2.31. The number of hydrogen-bond donors (Lipinski definition) is 1. The lowest BCUT2D eigenvalue weighted by molar-refractivity contribution is -0.135. The maximum Gasteiger partial charge on any atom is 0.226 e. The van der Waals surface area contributed by atoms with Crippen molar-refractivity contribution >= 4 is 11.8 Å². The van der Waals surface area contributed by atoms with E-state index >= 15 is 0 Å². The Morgan fingerprint density at radius 2 is 2.00 bits per heavy atom. The van der Waals surface area contributed by atoms with Crippen molar-refractivity contribution in [2.24, 2.45) is 5.92 Å². The molecule has 1 fully saturated rings. The van der Waals surface area contributed by atoms with E-state index in [1.54, 1.807) is 17.0 Å². The van der Waals surface area contributed by atoms with Crippen LogP contribution in [0, 0.1) is 11.7 Å². The lowest BCUT2D eigenvalue weighted by Crippen LogP contribution is -2.43. The number of carbonyl (C=O) groups excluding carboxylic acids is 2. The quantitative estimate of drug-likeness (QED) is 0.780. The molecule has 1 heterocycles. The number of carbonyl (C=O) groups is 2. The number of amides is 2. The Morgan fingerprint density at radius 3 is 2.67 bits per heavy atom. The van der Waals surface area contributed by atoms with Gasteiger partial charge in [0.2, 0.25) is 11.8 Å². The van der Waals surface area contributed by atoms with Crippen LogP contribution >= 0.6 is 0 Å². The van der Waals surface area contributed by atoms with Crippen LogP contribution in [0.1, 0.15) is 44.6 Å². The van der Waals surface area contributed by atoms with Gasteiger partial charge in [-0.2, -0.15) is 0 Å². The van der Waals surface area contributed by atoms with Crippen LogP contribution in [0.25, 0.3) is 0 Å². The first-order valence-electron chi connectivity index (χ1n) is 8.90. The molecule has 0 saturated carbocycles. The summed E-state index contributed by atoms with van der Waals surface area (Å²) < 4.78 is 13.2. The molecule has 24 heavy (non-hydrogen) atoms. The molecule has 2 amide bonds. The first-order chi connectivity index (χ1) is 11.6. The van der Waals surface area contributed by atoms with Crippen molar-refractivity contribution in [3.63, 3.8) is 0 Å². The minimum atomic E-state index is -0.321. The van der Waals surface area contributed by atoms with E-state index in [4.69, 9.17) is 0 Å². The third kappa shape index (κ3) is 5.62. The summed E-state index contributed by atoms with van der Waals surface area (Å²) >= 11 is 0. The van der Waals surface area contributed by atoms with E-state index < -0.39 is 0 Å². The maximum atomic E-state index is 13.2. The molecule has 1 aromatic rings. The average molecular weight is 334 g/mol. The molecule has 0 radical (unpaired) electrons. The number of benzene rings is 1. The molecule has 1 aliphatic heterocycles. The second kappa shape index (κ2) is 9.40. The summed E-state index contributed by atoms with van der Waals surface area (Å²) in [5, 5.41) is 2.99. The van der Waals surface area contributed by atoms with E-state index in [2.05, 4.69) is 12.2 Å². The first-order valence-corrected chi connectivity index (χ1v) is 8.90. The number of unbranched alkanes of at least 4 members (excludes halogenated alkanes) is 2. The highest BCUT2D eigenvalue weighted by atomic mass is 19.1. The van der Waals surface area contributed by atoms with Crippen molar-refractivity contribution in [3.05, 3.63) is 35.6 Å². The predicted molar refractivity (Wildman–Crippen MR) is 91.9 cm³/mol. The molecular weight excluding hydrogens is 307 g/mol. The number of rotatable bonds is 7. The van der Waals surface area contributed by atoms with Gasteiger partial charge in [-0.05, 0) is 37.0 Å². The Balaban J connectivity index is 1.73. The molecule has 132 valence electrons. The number of halogens is 1. The fourth-order valence-corrected chi connectivity index (χ4v) is 3.06. The Hall–Kier alpha value is -1.91. The molecule has 5 heteroatoms. The third-order valence-electron chi connectivity index (χ3n) is 4.54. The zero-order valence-corrected chi connectivity index (χ0v) is 14.4. The molecule has 0 unspecified atom stereocenters. The van der Waals surface area contributed by atoms with Crippen LogP contribution in [0.2, 0.25) is 0 Å². The van der Waals surface area contributed by atoms with Crippen LogP contribution in [-0.4, -0.2) is 36.3 Å². The maximum absolute atomic E-state index is 13.2. The van der Waals surface area contributed by atoms with Crippen molar-refractivity contribution in [2.75, 3.05) is 19.6 Å². The van der Waals surface area contributed by atoms with Gasteiger partial charge in [0.15, 0.2) is 0 Å². The molecule has 0 aromatic heterocycles. The van der Waals surface area contributed by atoms with Gasteiger partial charge in [0.25, 0.3) is 0 Å². The van der Waals surface area contributed by atoms with E-state index in [0.717, 1.165) is 25.8 Å². The number of likely N-dealkylation sites (tertiary alicyclic amines) is 1. The fourth-order valence-electron chi connectivity index (χ4n) is 3.06. The summed E-state index contributed by atoms with van der Waals surface area (Å²) in [6.07, 6.45) is 4.91. The van der Waals surface area contributed by atoms with Gasteiger partial charge < -0.3 is 10.2 Å². The van der Waals surface area contributed by atoms with E-state index in [1.807, 2.05) is 0 Å². The number of nitrogens with zero attached hydrogens (tertiary/aromatic N) is 1. The second-order valence-electron chi connectivity index (χ2n) is 6.46. The molecule has 0 bridgehead atoms. The van der Waals surface area contributed by atoms with Crippen LogP contribution in [0.5, 0.6) is 0 Å². The topological polar surface area (TPSA) is 49.4 Å². The second-order valence-corrected chi connectivity index (χ2v) is 6.46. The molecule has 1 aliphatic rings. The van der Waals surface area contributed by atoms with Gasteiger partial charge in [0, 0.05) is 25.6 Å². The summed E-state index contributed by atoms with van der Waals surface area (Å²) in [6, 6.07) is 6.15. The number of nitrogens with one attached hydrogen (secondary N) is 1. The predicted octanol–water partition coefficient (Wildman–Crippen LogP) is 2.91. The van der Waals surface area contributed by atoms with Gasteiger partial charge in [-0.3, -0.25) is 9.59 Å². The van der Waals surface area contributed by atoms with Crippen LogP contribution in [0.15, 0.2) is 24.3 Å². The van der Waals surface area contributed by atoms with Gasteiger partial charge in [-0.15, -0.1) is 0 Å². The largest absolute Gasteiger partial charge is 0.356 e. The highest BCUT2D eigenvalue weighted by Crippen LogP contribution is 2.18. The summed E-state index contributed by atoms with van der Waals surface area (Å²) in [7, 11) is 0. The van der Waals surface area contributed by atoms with Gasteiger partial charge in [-0.1, -0.05) is 31.9 Å². The van der Waals surface area contributed by atoms with Crippen molar-refractivity contribution < 1.29 is 14.0 Å². The van der Waals surface area contributed by atoms with E-state index in [1.165, 1.54) is 12.1 Å². The van der Waals surface area contributed by atoms with Crippen molar-refractivity contribution in [1.82, 2.24) is 10.2 Å².